The van der Waals surface area contributed by atoms with Crippen LogP contribution in [0.3, 0.4) is 0 Å². The molecular formula is C19H17ClN2OS. The van der Waals surface area contributed by atoms with Crippen LogP contribution in [0.1, 0.15) is 23.0 Å². The third-order valence-corrected chi connectivity index (χ3v) is 5.64. The van der Waals surface area contributed by atoms with Gasteiger partial charge < -0.3 is 9.88 Å². The molecule has 24 heavy (non-hydrogen) atoms. The second kappa shape index (κ2) is 6.19. The Morgan fingerprint density at radius 3 is 2.88 bits per heavy atom. The molecule has 0 saturated carbocycles. The Morgan fingerprint density at radius 1 is 1.29 bits per heavy atom. The lowest BCUT2D eigenvalue weighted by Gasteiger charge is -2.22. The molecule has 0 fully saturated rings. The molecule has 0 bridgehead atoms. The van der Waals surface area contributed by atoms with Gasteiger partial charge in [-0.05, 0) is 29.8 Å². The van der Waals surface area contributed by atoms with Gasteiger partial charge in [-0.2, -0.15) is 0 Å². The summed E-state index contributed by atoms with van der Waals surface area (Å²) >= 11 is 7.77. The number of amides is 1. The zero-order valence-electron chi connectivity index (χ0n) is 13.3. The van der Waals surface area contributed by atoms with Crippen LogP contribution in [-0.2, 0) is 13.1 Å². The Hall–Kier alpha value is -1.91. The minimum atomic E-state index is -0.0359. The van der Waals surface area contributed by atoms with Crippen LogP contribution < -0.4 is 5.32 Å². The van der Waals surface area contributed by atoms with Gasteiger partial charge in [0.1, 0.15) is 5.69 Å². The molecule has 1 N–H and O–H groups in total. The highest BCUT2D eigenvalue weighted by Gasteiger charge is 2.23. The first kappa shape index (κ1) is 15.6. The maximum absolute atomic E-state index is 12.7. The highest BCUT2D eigenvalue weighted by molar-refractivity contribution is 8.00. The SMILES string of the molecule is CC1Cn2c(C(=O)NCc3ccc(Cl)cc3)cc3cccc(c32)S1. The van der Waals surface area contributed by atoms with Crippen LogP contribution in [0.15, 0.2) is 53.4 Å². The molecule has 122 valence electrons. The summed E-state index contributed by atoms with van der Waals surface area (Å²) in [4.78, 5) is 14.0. The first-order chi connectivity index (χ1) is 11.6. The van der Waals surface area contributed by atoms with E-state index in [9.17, 15) is 4.79 Å². The molecule has 1 atom stereocenters. The average Bonchev–Trinajstić information content (AvgIpc) is 2.94. The molecule has 1 amide bonds. The minimum absolute atomic E-state index is 0.0359. The maximum Gasteiger partial charge on any atom is 0.268 e. The Bertz CT molecular complexity index is 917. The molecule has 0 saturated heterocycles. The monoisotopic (exact) mass is 356 g/mol. The molecule has 4 rings (SSSR count). The van der Waals surface area contributed by atoms with E-state index in [4.69, 9.17) is 11.6 Å². The summed E-state index contributed by atoms with van der Waals surface area (Å²) in [5.41, 5.74) is 2.95. The van der Waals surface area contributed by atoms with Crippen molar-refractivity contribution in [3.05, 3.63) is 64.8 Å². The minimum Gasteiger partial charge on any atom is -0.347 e. The van der Waals surface area contributed by atoms with Crippen molar-refractivity contribution in [2.24, 2.45) is 0 Å². The smallest absolute Gasteiger partial charge is 0.268 e. The topological polar surface area (TPSA) is 34.0 Å². The Morgan fingerprint density at radius 2 is 2.08 bits per heavy atom. The van der Waals surface area contributed by atoms with Crippen molar-refractivity contribution in [3.63, 3.8) is 0 Å². The Labute approximate surface area is 150 Å². The summed E-state index contributed by atoms with van der Waals surface area (Å²) in [5.74, 6) is -0.0359. The number of rotatable bonds is 3. The molecule has 1 aliphatic rings. The van der Waals surface area contributed by atoms with Crippen LogP contribution >= 0.6 is 23.4 Å². The zero-order valence-corrected chi connectivity index (χ0v) is 14.8. The molecule has 3 nitrogen and oxygen atoms in total. The highest BCUT2D eigenvalue weighted by Crippen LogP contribution is 2.38. The third-order valence-electron chi connectivity index (χ3n) is 4.25. The van der Waals surface area contributed by atoms with E-state index in [1.807, 2.05) is 42.1 Å². The Balaban J connectivity index is 1.62. The number of para-hydroxylation sites is 1. The molecule has 0 aliphatic carbocycles. The highest BCUT2D eigenvalue weighted by atomic mass is 35.5. The van der Waals surface area contributed by atoms with Gasteiger partial charge in [0, 0.05) is 33.6 Å². The van der Waals surface area contributed by atoms with Gasteiger partial charge in [0.15, 0.2) is 0 Å². The molecule has 1 unspecified atom stereocenters. The second-order valence-corrected chi connectivity index (χ2v) is 7.99. The summed E-state index contributed by atoms with van der Waals surface area (Å²) in [6, 6.07) is 15.8. The van der Waals surface area contributed by atoms with E-state index in [-0.39, 0.29) is 5.91 Å². The predicted octanol–water partition coefficient (Wildman–Crippen LogP) is 4.72. The van der Waals surface area contributed by atoms with Crippen molar-refractivity contribution >= 4 is 40.2 Å². The van der Waals surface area contributed by atoms with Gasteiger partial charge in [0.2, 0.25) is 0 Å². The Kier molecular flexibility index (Phi) is 4.02. The summed E-state index contributed by atoms with van der Waals surface area (Å²) < 4.78 is 2.16. The van der Waals surface area contributed by atoms with E-state index in [0.717, 1.165) is 23.2 Å². The van der Waals surface area contributed by atoms with Gasteiger partial charge in [-0.3, -0.25) is 4.79 Å². The molecular weight excluding hydrogens is 340 g/mol. The number of halogens is 1. The largest absolute Gasteiger partial charge is 0.347 e. The van der Waals surface area contributed by atoms with Crippen molar-refractivity contribution in [1.82, 2.24) is 9.88 Å². The van der Waals surface area contributed by atoms with Crippen molar-refractivity contribution in [2.75, 3.05) is 0 Å². The van der Waals surface area contributed by atoms with Crippen molar-refractivity contribution < 1.29 is 4.79 Å². The lowest BCUT2D eigenvalue weighted by Crippen LogP contribution is -2.27. The third kappa shape index (κ3) is 2.80. The molecule has 2 heterocycles. The van der Waals surface area contributed by atoms with Gasteiger partial charge in [-0.1, -0.05) is 42.8 Å². The summed E-state index contributed by atoms with van der Waals surface area (Å²) in [7, 11) is 0. The number of carbonyl (C=O) groups is 1. The quantitative estimate of drug-likeness (QED) is 0.736. The van der Waals surface area contributed by atoms with Gasteiger partial charge in [-0.25, -0.2) is 0 Å². The van der Waals surface area contributed by atoms with Crippen molar-refractivity contribution in [3.8, 4) is 0 Å². The first-order valence-corrected chi connectivity index (χ1v) is 9.19. The fourth-order valence-corrected chi connectivity index (χ4v) is 4.43. The molecule has 5 heteroatoms. The predicted molar refractivity (Wildman–Crippen MR) is 99.9 cm³/mol. The van der Waals surface area contributed by atoms with E-state index in [1.54, 1.807) is 0 Å². The number of carbonyl (C=O) groups excluding carboxylic acids is 1. The number of aromatic nitrogens is 1. The molecule has 0 radical (unpaired) electrons. The lowest BCUT2D eigenvalue weighted by molar-refractivity contribution is 0.0942. The van der Waals surface area contributed by atoms with Gasteiger partial charge in [-0.15, -0.1) is 11.8 Å². The summed E-state index contributed by atoms with van der Waals surface area (Å²) in [5, 5.41) is 5.30. The number of benzene rings is 2. The molecule has 0 spiro atoms. The second-order valence-electron chi connectivity index (χ2n) is 6.07. The summed E-state index contributed by atoms with van der Waals surface area (Å²) in [6.45, 7) is 3.55. The lowest BCUT2D eigenvalue weighted by atomic mass is 10.2. The van der Waals surface area contributed by atoms with E-state index in [1.165, 1.54) is 10.4 Å². The van der Waals surface area contributed by atoms with E-state index < -0.39 is 0 Å². The molecule has 2 aromatic carbocycles. The zero-order chi connectivity index (χ0) is 16.7. The van der Waals surface area contributed by atoms with Gasteiger partial charge in [0.05, 0.1) is 5.52 Å². The molecule has 1 aromatic heterocycles. The van der Waals surface area contributed by atoms with Gasteiger partial charge in [0.25, 0.3) is 5.91 Å². The fraction of sp³-hybridized carbons (Fsp3) is 0.211. The normalized spacial score (nSPS) is 16.3. The average molecular weight is 357 g/mol. The van der Waals surface area contributed by atoms with Crippen LogP contribution in [0.5, 0.6) is 0 Å². The molecule has 3 aromatic rings. The number of nitrogens with one attached hydrogen (secondary N) is 1. The number of thioether (sulfide) groups is 1. The van der Waals surface area contributed by atoms with Crippen molar-refractivity contribution in [2.45, 2.75) is 30.2 Å². The number of hydrogen-bond acceptors (Lipinski definition) is 2. The molecule has 1 aliphatic heterocycles. The van der Waals surface area contributed by atoms with E-state index >= 15 is 0 Å². The van der Waals surface area contributed by atoms with Crippen LogP contribution in [0.2, 0.25) is 5.02 Å². The number of nitrogens with zero attached hydrogens (tertiary/aromatic N) is 1. The van der Waals surface area contributed by atoms with Crippen LogP contribution in [0.25, 0.3) is 10.9 Å². The first-order valence-electron chi connectivity index (χ1n) is 7.93. The standard InChI is InChI=1S/C19H17ClN2OS/c1-12-11-22-16(9-14-3-2-4-17(24-12)18(14)22)19(23)21-10-13-5-7-15(20)8-6-13/h2-9,12H,10-11H2,1H3,(H,21,23). The summed E-state index contributed by atoms with van der Waals surface area (Å²) in [6.07, 6.45) is 0. The van der Waals surface area contributed by atoms with Gasteiger partial charge >= 0.3 is 0 Å². The van der Waals surface area contributed by atoms with E-state index in [0.29, 0.717) is 16.8 Å². The van der Waals surface area contributed by atoms with Crippen LogP contribution in [0, 0.1) is 0 Å². The van der Waals surface area contributed by atoms with Crippen LogP contribution in [0.4, 0.5) is 0 Å². The van der Waals surface area contributed by atoms with Crippen molar-refractivity contribution in [1.29, 1.82) is 0 Å². The maximum atomic E-state index is 12.7. The van der Waals surface area contributed by atoms with E-state index in [2.05, 4.69) is 35.0 Å². The van der Waals surface area contributed by atoms with Crippen LogP contribution in [-0.4, -0.2) is 15.7 Å². The number of hydrogen-bond donors (Lipinski definition) is 1. The fourth-order valence-electron chi connectivity index (χ4n) is 3.15.